The molecule has 2 aliphatic heterocycles. The maximum Gasteiger partial charge on any atom is 0.262 e. The highest BCUT2D eigenvalue weighted by Crippen LogP contribution is 2.33. The van der Waals surface area contributed by atoms with E-state index in [9.17, 15) is 29.5 Å². The van der Waals surface area contributed by atoms with Crippen LogP contribution in [0.4, 0.5) is 17.1 Å². The molecule has 2 aromatic rings. The highest BCUT2D eigenvalue weighted by atomic mass is 16.5. The molecule has 2 heterocycles. The summed E-state index contributed by atoms with van der Waals surface area (Å²) < 4.78 is 5.33. The molecule has 4 rings (SSSR count). The Hall–Kier alpha value is -4.59. The molecule has 11 nitrogen and oxygen atoms in total. The number of rotatable bonds is 4. The fourth-order valence-electron chi connectivity index (χ4n) is 3.76. The number of anilines is 3. The summed E-state index contributed by atoms with van der Waals surface area (Å²) in [6, 6.07) is 9.72. The van der Waals surface area contributed by atoms with Gasteiger partial charge >= 0.3 is 0 Å². The Kier molecular flexibility index (Phi) is 5.58. The smallest absolute Gasteiger partial charge is 0.262 e. The number of nitriles is 1. The second-order valence-corrected chi connectivity index (χ2v) is 7.63. The minimum atomic E-state index is -0.976. The number of aromatic hydroxyl groups is 1. The summed E-state index contributed by atoms with van der Waals surface area (Å²) in [6.07, 6.45) is -0.221. The Morgan fingerprint density at radius 2 is 2.03 bits per heavy atom. The van der Waals surface area contributed by atoms with Crippen LogP contribution in [0.1, 0.15) is 16.8 Å². The van der Waals surface area contributed by atoms with Gasteiger partial charge in [-0.1, -0.05) is 0 Å². The molecule has 0 bridgehead atoms. The Labute approximate surface area is 187 Å². The van der Waals surface area contributed by atoms with Crippen molar-refractivity contribution in [3.63, 3.8) is 0 Å². The van der Waals surface area contributed by atoms with Gasteiger partial charge in [0, 0.05) is 30.4 Å². The van der Waals surface area contributed by atoms with Crippen LogP contribution < -0.4 is 26.0 Å². The molecule has 1 saturated heterocycles. The molecule has 2 aromatic carbocycles. The summed E-state index contributed by atoms with van der Waals surface area (Å²) in [4.78, 5) is 49.8. The molecule has 2 atom stereocenters. The quantitative estimate of drug-likeness (QED) is 0.529. The highest BCUT2D eigenvalue weighted by Gasteiger charge is 2.37. The number of nitrogens with two attached hydrogens (primary N) is 1. The molecule has 33 heavy (non-hydrogen) atoms. The van der Waals surface area contributed by atoms with E-state index in [1.54, 1.807) is 12.1 Å². The van der Waals surface area contributed by atoms with Crippen LogP contribution in [0, 0.1) is 17.2 Å². The summed E-state index contributed by atoms with van der Waals surface area (Å²) in [5.74, 6) is -2.90. The minimum Gasteiger partial charge on any atom is -0.507 e. The Bertz CT molecular complexity index is 1220. The van der Waals surface area contributed by atoms with Crippen molar-refractivity contribution < 1.29 is 29.0 Å². The van der Waals surface area contributed by atoms with Crippen LogP contribution in [0.3, 0.4) is 0 Å². The van der Waals surface area contributed by atoms with Gasteiger partial charge in [-0.2, -0.15) is 5.26 Å². The first-order valence-corrected chi connectivity index (χ1v) is 9.96. The maximum absolute atomic E-state index is 12.9. The number of hydrogen-bond donors (Lipinski definition) is 4. The highest BCUT2D eigenvalue weighted by molar-refractivity contribution is 6.07. The van der Waals surface area contributed by atoms with Crippen molar-refractivity contribution >= 4 is 40.6 Å². The molecule has 3 amide bonds. The fourth-order valence-corrected chi connectivity index (χ4v) is 3.76. The van der Waals surface area contributed by atoms with Crippen molar-refractivity contribution in [2.24, 2.45) is 11.7 Å². The van der Waals surface area contributed by atoms with Crippen LogP contribution in [0.25, 0.3) is 0 Å². The third-order valence-electron chi connectivity index (χ3n) is 5.45. The lowest BCUT2D eigenvalue weighted by Crippen LogP contribution is -2.53. The molecule has 1 fully saturated rings. The van der Waals surface area contributed by atoms with Gasteiger partial charge in [0.15, 0.2) is 12.4 Å². The monoisotopic (exact) mass is 449 g/mol. The Morgan fingerprint density at radius 1 is 1.24 bits per heavy atom. The number of Topliss-reactive ketones (excluding diaryl/α,β-unsaturated/α-hetero) is 1. The standard InChI is InChI=1S/C22H19N5O6/c23-8-11-9-27(16(21(24)31)7-18(11)29)13-2-4-17(28)14(6-13)22(32)25-12-1-3-15-19(5-12)33-10-20(30)26-15/h1-6,11,16,28H,7,9-10H2,(H2,24,31)(H,25,32)(H,26,30). The summed E-state index contributed by atoms with van der Waals surface area (Å²) in [7, 11) is 0. The van der Waals surface area contributed by atoms with Gasteiger partial charge in [-0.05, 0) is 30.3 Å². The molecule has 0 radical (unpaired) electrons. The lowest BCUT2D eigenvalue weighted by atomic mass is 9.91. The first kappa shape index (κ1) is 21.6. The van der Waals surface area contributed by atoms with Gasteiger partial charge in [0.25, 0.3) is 11.8 Å². The number of ether oxygens (including phenoxy) is 1. The molecule has 168 valence electrons. The summed E-state index contributed by atoms with van der Waals surface area (Å²) in [6.45, 7) is -0.209. The van der Waals surface area contributed by atoms with Crippen molar-refractivity contribution in [1.82, 2.24) is 0 Å². The number of amides is 3. The summed E-state index contributed by atoms with van der Waals surface area (Å²) in [5, 5.41) is 24.8. The van der Waals surface area contributed by atoms with E-state index in [2.05, 4.69) is 10.6 Å². The minimum absolute atomic E-state index is 0.0668. The average molecular weight is 449 g/mol. The predicted octanol–water partition coefficient (Wildman–Crippen LogP) is 0.748. The predicted molar refractivity (Wildman–Crippen MR) is 116 cm³/mol. The molecular formula is C22H19N5O6. The van der Waals surface area contributed by atoms with Gasteiger partial charge in [-0.3, -0.25) is 19.2 Å². The average Bonchev–Trinajstić information content (AvgIpc) is 2.79. The molecule has 2 aliphatic rings. The third-order valence-corrected chi connectivity index (χ3v) is 5.45. The first-order valence-electron chi connectivity index (χ1n) is 9.96. The molecule has 2 unspecified atom stereocenters. The van der Waals surface area contributed by atoms with Gasteiger partial charge in [-0.25, -0.2) is 0 Å². The van der Waals surface area contributed by atoms with Gasteiger partial charge in [0.1, 0.15) is 23.5 Å². The zero-order chi connectivity index (χ0) is 23.7. The SMILES string of the molecule is N#CC1CN(c2ccc(O)c(C(=O)Nc3ccc4c(c3)OCC(=O)N4)c2)C(C(N)=O)CC1=O. The number of phenolic OH excluding ortho intramolecular Hbond substituents is 1. The van der Waals surface area contributed by atoms with E-state index in [1.807, 2.05) is 6.07 Å². The molecule has 11 heteroatoms. The Morgan fingerprint density at radius 3 is 2.76 bits per heavy atom. The molecule has 0 saturated carbocycles. The zero-order valence-electron chi connectivity index (χ0n) is 17.2. The van der Waals surface area contributed by atoms with Gasteiger partial charge in [0.2, 0.25) is 5.91 Å². The van der Waals surface area contributed by atoms with Crippen LogP contribution in [0.2, 0.25) is 0 Å². The van der Waals surface area contributed by atoms with E-state index in [0.29, 0.717) is 22.8 Å². The van der Waals surface area contributed by atoms with E-state index in [-0.39, 0.29) is 42.6 Å². The lowest BCUT2D eigenvalue weighted by Gasteiger charge is -2.37. The van der Waals surface area contributed by atoms with E-state index in [0.717, 1.165) is 0 Å². The topological polar surface area (TPSA) is 175 Å². The van der Waals surface area contributed by atoms with Crippen molar-refractivity contribution in [3.8, 4) is 17.6 Å². The molecule has 0 aliphatic carbocycles. The van der Waals surface area contributed by atoms with Crippen LogP contribution >= 0.6 is 0 Å². The number of piperidine rings is 1. The van der Waals surface area contributed by atoms with Crippen molar-refractivity contribution in [2.45, 2.75) is 12.5 Å². The van der Waals surface area contributed by atoms with E-state index in [1.165, 1.54) is 29.2 Å². The van der Waals surface area contributed by atoms with E-state index in [4.69, 9.17) is 10.5 Å². The van der Waals surface area contributed by atoms with Crippen molar-refractivity contribution in [3.05, 3.63) is 42.0 Å². The second-order valence-electron chi connectivity index (χ2n) is 7.63. The number of benzene rings is 2. The number of nitrogens with zero attached hydrogens (tertiary/aromatic N) is 2. The summed E-state index contributed by atoms with van der Waals surface area (Å²) >= 11 is 0. The molecular weight excluding hydrogens is 430 g/mol. The zero-order valence-corrected chi connectivity index (χ0v) is 17.2. The van der Waals surface area contributed by atoms with Crippen LogP contribution in [0.5, 0.6) is 11.5 Å². The number of ketones is 1. The van der Waals surface area contributed by atoms with Gasteiger partial charge in [-0.15, -0.1) is 0 Å². The van der Waals surface area contributed by atoms with Crippen LogP contribution in [-0.4, -0.2) is 47.8 Å². The number of phenols is 1. The molecule has 0 aromatic heterocycles. The number of carbonyl (C=O) groups excluding carboxylic acids is 4. The van der Waals surface area contributed by atoms with Crippen molar-refractivity contribution in [1.29, 1.82) is 5.26 Å². The molecule has 5 N–H and O–H groups in total. The number of primary amides is 1. The molecule has 0 spiro atoms. The largest absolute Gasteiger partial charge is 0.507 e. The lowest BCUT2D eigenvalue weighted by molar-refractivity contribution is -0.127. The summed E-state index contributed by atoms with van der Waals surface area (Å²) in [5.41, 5.74) is 6.55. The first-order chi connectivity index (χ1) is 15.8. The second kappa shape index (κ2) is 8.51. The number of carbonyl (C=O) groups is 4. The number of fused-ring (bicyclic) bond motifs is 1. The fraction of sp³-hybridized carbons (Fsp3) is 0.227. The number of nitrogens with one attached hydrogen (secondary N) is 2. The van der Waals surface area contributed by atoms with Crippen molar-refractivity contribution in [2.75, 3.05) is 28.7 Å². The third kappa shape index (κ3) is 4.27. The Balaban J connectivity index is 1.60. The normalized spacial score (nSPS) is 19.5. The van der Waals surface area contributed by atoms with E-state index < -0.39 is 23.8 Å². The number of hydrogen-bond acceptors (Lipinski definition) is 8. The van der Waals surface area contributed by atoms with Gasteiger partial charge < -0.3 is 31.1 Å². The maximum atomic E-state index is 12.9. The van der Waals surface area contributed by atoms with Crippen LogP contribution in [-0.2, 0) is 14.4 Å². The van der Waals surface area contributed by atoms with Gasteiger partial charge in [0.05, 0.1) is 17.3 Å². The van der Waals surface area contributed by atoms with Crippen LogP contribution in [0.15, 0.2) is 36.4 Å². The van der Waals surface area contributed by atoms with E-state index >= 15 is 0 Å².